The zero-order valence-corrected chi connectivity index (χ0v) is 23.4. The lowest BCUT2D eigenvalue weighted by molar-refractivity contribution is -0.270. The fraction of sp³-hybridized carbons (Fsp3) is 0.903. The fourth-order valence-electron chi connectivity index (χ4n) is 9.77. The van der Waals surface area contributed by atoms with E-state index >= 15 is 0 Å². The Bertz CT molecular complexity index is 778. The zero-order chi connectivity index (χ0) is 25.6. The summed E-state index contributed by atoms with van der Waals surface area (Å²) in [5, 5.41) is 12.3. The maximum absolute atomic E-state index is 12.4. The van der Waals surface area contributed by atoms with Crippen molar-refractivity contribution < 1.29 is 19.4 Å². The Morgan fingerprint density at radius 3 is 2.49 bits per heavy atom. The molecule has 0 radical (unpaired) electrons. The minimum Gasteiger partial charge on any atom is -0.456 e. The summed E-state index contributed by atoms with van der Waals surface area (Å²) in [6.07, 6.45) is 13.1. The highest BCUT2D eigenvalue weighted by Gasteiger charge is 2.68. The lowest BCUT2D eigenvalue weighted by Crippen LogP contribution is -2.69. The molecule has 0 saturated heterocycles. The average Bonchev–Trinajstić information content (AvgIpc) is 3.17. The van der Waals surface area contributed by atoms with Crippen molar-refractivity contribution in [2.75, 3.05) is 7.11 Å². The van der Waals surface area contributed by atoms with Crippen LogP contribution in [-0.4, -0.2) is 36.0 Å². The van der Waals surface area contributed by atoms with Gasteiger partial charge < -0.3 is 14.6 Å². The normalized spacial score (nSPS) is 45.8. The summed E-state index contributed by atoms with van der Waals surface area (Å²) in [5.74, 6) is 3.58. The van der Waals surface area contributed by atoms with Gasteiger partial charge in [-0.2, -0.15) is 0 Å². The highest BCUT2D eigenvalue weighted by molar-refractivity contribution is 5.81. The van der Waals surface area contributed by atoms with E-state index in [0.29, 0.717) is 29.6 Å². The molecule has 200 valence electrons. The van der Waals surface area contributed by atoms with Crippen LogP contribution in [0.1, 0.15) is 105 Å². The number of carbonyl (C=O) groups excluding carboxylic acids is 1. The van der Waals surface area contributed by atoms with E-state index in [1.54, 1.807) is 7.11 Å². The van der Waals surface area contributed by atoms with Crippen LogP contribution in [0.15, 0.2) is 12.7 Å². The van der Waals surface area contributed by atoms with Crippen molar-refractivity contribution in [3.63, 3.8) is 0 Å². The molecule has 4 heteroatoms. The molecule has 4 fully saturated rings. The second-order valence-corrected chi connectivity index (χ2v) is 13.7. The lowest BCUT2D eigenvalue weighted by atomic mass is 9.42. The van der Waals surface area contributed by atoms with Crippen LogP contribution in [0.3, 0.4) is 0 Å². The van der Waals surface area contributed by atoms with E-state index in [1.807, 2.05) is 0 Å². The first-order valence-corrected chi connectivity index (χ1v) is 14.6. The van der Waals surface area contributed by atoms with E-state index in [4.69, 9.17) is 9.47 Å². The Kier molecular flexibility index (Phi) is 7.86. The summed E-state index contributed by atoms with van der Waals surface area (Å²) in [6, 6.07) is 0. The summed E-state index contributed by atoms with van der Waals surface area (Å²) in [4.78, 5) is 12.4. The molecule has 35 heavy (non-hydrogen) atoms. The second kappa shape index (κ2) is 10.1. The summed E-state index contributed by atoms with van der Waals surface area (Å²) < 4.78 is 11.7. The molecule has 10 atom stereocenters. The number of aliphatic hydroxyl groups is 1. The van der Waals surface area contributed by atoms with Crippen LogP contribution in [-0.2, 0) is 14.3 Å². The molecule has 0 spiro atoms. The molecule has 4 rings (SSSR count). The van der Waals surface area contributed by atoms with E-state index in [0.717, 1.165) is 37.0 Å². The number of methoxy groups -OCH3 is 1. The third-order valence-electron chi connectivity index (χ3n) is 11.7. The van der Waals surface area contributed by atoms with Crippen LogP contribution in [0.4, 0.5) is 0 Å². The van der Waals surface area contributed by atoms with E-state index < -0.39 is 17.7 Å². The van der Waals surface area contributed by atoms with E-state index in [2.05, 4.69) is 41.2 Å². The van der Waals surface area contributed by atoms with E-state index in [9.17, 15) is 9.90 Å². The number of fused-ring (bicyclic) bond motifs is 5. The molecule has 0 aromatic heterocycles. The molecule has 0 bridgehead atoms. The number of esters is 1. The van der Waals surface area contributed by atoms with Crippen molar-refractivity contribution in [2.24, 2.45) is 46.3 Å². The lowest BCUT2D eigenvalue weighted by Gasteiger charge is -2.65. The molecule has 0 aromatic rings. The maximum Gasteiger partial charge on any atom is 0.330 e. The number of hydrogen-bond acceptors (Lipinski definition) is 4. The summed E-state index contributed by atoms with van der Waals surface area (Å²) in [7, 11) is 1.74. The van der Waals surface area contributed by atoms with Crippen LogP contribution in [0, 0.1) is 46.3 Å². The Balaban J connectivity index is 1.60. The monoisotopic (exact) mass is 488 g/mol. The van der Waals surface area contributed by atoms with Crippen molar-refractivity contribution in [3.05, 3.63) is 12.7 Å². The quantitative estimate of drug-likeness (QED) is 0.297. The third-order valence-corrected chi connectivity index (χ3v) is 11.7. The molecule has 0 aromatic carbocycles. The molecule has 4 nitrogen and oxygen atoms in total. The predicted molar refractivity (Wildman–Crippen MR) is 141 cm³/mol. The zero-order valence-electron chi connectivity index (χ0n) is 23.4. The van der Waals surface area contributed by atoms with Crippen LogP contribution in [0.2, 0.25) is 0 Å². The van der Waals surface area contributed by atoms with Crippen molar-refractivity contribution in [1.82, 2.24) is 0 Å². The highest BCUT2D eigenvalue weighted by atomic mass is 16.6. The van der Waals surface area contributed by atoms with Gasteiger partial charge in [-0.05, 0) is 85.9 Å². The van der Waals surface area contributed by atoms with Crippen LogP contribution >= 0.6 is 0 Å². The Labute approximate surface area is 214 Å². The number of hydrogen-bond donors (Lipinski definition) is 1. The summed E-state index contributed by atoms with van der Waals surface area (Å²) >= 11 is 0. The number of ether oxygens (including phenoxy) is 2. The van der Waals surface area contributed by atoms with Crippen LogP contribution in [0.5, 0.6) is 0 Å². The van der Waals surface area contributed by atoms with Gasteiger partial charge in [0.2, 0.25) is 0 Å². The summed E-state index contributed by atoms with van der Waals surface area (Å²) in [6.45, 7) is 15.7. The molecule has 4 aliphatic rings. The Morgan fingerprint density at radius 2 is 1.83 bits per heavy atom. The molecule has 0 amide bonds. The maximum atomic E-state index is 12.4. The van der Waals surface area contributed by atoms with Gasteiger partial charge in [0.15, 0.2) is 0 Å². The summed E-state index contributed by atoms with van der Waals surface area (Å²) in [5.41, 5.74) is -0.929. The van der Waals surface area contributed by atoms with E-state index in [1.165, 1.54) is 51.0 Å². The Hall–Kier alpha value is -0.870. The van der Waals surface area contributed by atoms with Gasteiger partial charge in [0.25, 0.3) is 0 Å². The largest absolute Gasteiger partial charge is 0.456 e. The van der Waals surface area contributed by atoms with Gasteiger partial charge in [-0.15, -0.1) is 0 Å². The molecule has 0 aliphatic heterocycles. The minimum absolute atomic E-state index is 0.0194. The van der Waals surface area contributed by atoms with Crippen LogP contribution < -0.4 is 0 Å². The van der Waals surface area contributed by atoms with Crippen LogP contribution in [0.25, 0.3) is 0 Å². The third kappa shape index (κ3) is 4.54. The van der Waals surface area contributed by atoms with Crippen molar-refractivity contribution in [3.8, 4) is 0 Å². The predicted octanol–water partition coefficient (Wildman–Crippen LogP) is 6.95. The number of carbonyl (C=O) groups is 1. The first kappa shape index (κ1) is 27.2. The van der Waals surface area contributed by atoms with Gasteiger partial charge in [0.1, 0.15) is 11.7 Å². The standard InChI is InChI=1S/C31H52O4/c1-8-28(32)35-27-18-23-25-13-12-24(21(4)11-9-10-20(2)3)29(25,5)16-15-26(23)30(6)17-14-22(34-7)19-31(27,30)33/h8,20-27,33H,1,9-19H2,2-7H3/t21-,22+,23+,24-,25+,26+,27-,29-,30-,31+/m1/s1. The van der Waals surface area contributed by atoms with Gasteiger partial charge >= 0.3 is 5.97 Å². The van der Waals surface area contributed by atoms with Gasteiger partial charge in [0.05, 0.1) is 6.10 Å². The second-order valence-electron chi connectivity index (χ2n) is 13.7. The fourth-order valence-corrected chi connectivity index (χ4v) is 9.77. The van der Waals surface area contributed by atoms with Crippen molar-refractivity contribution >= 4 is 5.97 Å². The molecular formula is C31H52O4. The Morgan fingerprint density at radius 1 is 1.09 bits per heavy atom. The van der Waals surface area contributed by atoms with Crippen molar-refractivity contribution in [1.29, 1.82) is 0 Å². The number of rotatable bonds is 8. The smallest absolute Gasteiger partial charge is 0.330 e. The van der Waals surface area contributed by atoms with E-state index in [-0.39, 0.29) is 11.5 Å². The molecular weight excluding hydrogens is 436 g/mol. The molecule has 1 N–H and O–H groups in total. The molecule has 0 unspecified atom stereocenters. The molecule has 4 saturated carbocycles. The first-order chi connectivity index (χ1) is 16.5. The van der Waals surface area contributed by atoms with Gasteiger partial charge in [-0.25, -0.2) is 4.79 Å². The van der Waals surface area contributed by atoms with Crippen molar-refractivity contribution in [2.45, 2.75) is 123 Å². The highest BCUT2D eigenvalue weighted by Crippen LogP contribution is 2.69. The first-order valence-electron chi connectivity index (χ1n) is 14.6. The SMILES string of the molecule is C=CC(=O)O[C@@H]1C[C@H]2[C@@H]3CC[C@H]([C@H](C)CCCC(C)C)[C@@]3(C)CC[C@@H]2[C@@]2(C)CC[C@H](OC)C[C@]12O. The van der Waals surface area contributed by atoms with Gasteiger partial charge in [-0.1, -0.05) is 60.5 Å². The average molecular weight is 489 g/mol. The minimum atomic E-state index is -1.04. The van der Waals surface area contributed by atoms with Gasteiger partial charge in [-0.3, -0.25) is 0 Å². The molecule has 4 aliphatic carbocycles. The molecule has 0 heterocycles. The topological polar surface area (TPSA) is 55.8 Å². The van der Waals surface area contributed by atoms with Gasteiger partial charge in [0, 0.05) is 25.0 Å².